The molecule has 2 aromatic carbocycles. The number of nitrogens with zero attached hydrogens (tertiary/aromatic N) is 5. The van der Waals surface area contributed by atoms with Crippen molar-refractivity contribution in [2.24, 2.45) is 0 Å². The highest BCUT2D eigenvalue weighted by Crippen LogP contribution is 2.34. The third-order valence-corrected chi connectivity index (χ3v) is 6.21. The number of benzene rings is 2. The lowest BCUT2D eigenvalue weighted by Crippen LogP contribution is -2.43. The molecule has 162 valence electrons. The van der Waals surface area contributed by atoms with E-state index in [-0.39, 0.29) is 11.8 Å². The molecule has 3 aromatic rings. The van der Waals surface area contributed by atoms with Crippen LogP contribution in [-0.4, -0.2) is 57.1 Å². The van der Waals surface area contributed by atoms with Crippen molar-refractivity contribution >= 4 is 34.6 Å². The van der Waals surface area contributed by atoms with E-state index < -0.39 is 0 Å². The molecular formula is C25H25N5O2. The second kappa shape index (κ2) is 8.00. The Labute approximate surface area is 187 Å². The lowest BCUT2D eigenvalue weighted by atomic mass is 10.1. The Balaban J connectivity index is 1.45. The van der Waals surface area contributed by atoms with Crippen LogP contribution in [0.2, 0.25) is 0 Å². The van der Waals surface area contributed by atoms with Crippen LogP contribution in [0.4, 0.5) is 22.7 Å². The van der Waals surface area contributed by atoms with E-state index in [1.807, 2.05) is 62.6 Å². The summed E-state index contributed by atoms with van der Waals surface area (Å²) in [7, 11) is 4.05. The lowest BCUT2D eigenvalue weighted by Gasteiger charge is -2.36. The molecule has 3 heterocycles. The molecule has 0 bridgehead atoms. The van der Waals surface area contributed by atoms with E-state index in [1.54, 1.807) is 15.9 Å². The fourth-order valence-corrected chi connectivity index (χ4v) is 4.42. The molecule has 0 saturated heterocycles. The van der Waals surface area contributed by atoms with Crippen molar-refractivity contribution < 1.29 is 9.59 Å². The van der Waals surface area contributed by atoms with Gasteiger partial charge in [0.05, 0.1) is 33.9 Å². The summed E-state index contributed by atoms with van der Waals surface area (Å²) >= 11 is 0. The highest BCUT2D eigenvalue weighted by atomic mass is 16.2. The van der Waals surface area contributed by atoms with Gasteiger partial charge in [0.15, 0.2) is 0 Å². The zero-order valence-electron chi connectivity index (χ0n) is 18.2. The molecule has 7 heteroatoms. The first-order valence-corrected chi connectivity index (χ1v) is 10.7. The standard InChI is InChI=1S/C25H25N5O2/c1-27-11-13-29(22-9-5-3-7-20(22)27)24(31)18-15-19(17-26-16-18)25(32)30-14-12-28(2)21-8-4-6-10-23(21)30/h3-10,15-17H,11-14H2,1-2H3. The summed E-state index contributed by atoms with van der Waals surface area (Å²) in [6.07, 6.45) is 3.08. The summed E-state index contributed by atoms with van der Waals surface area (Å²) < 4.78 is 0. The topological polar surface area (TPSA) is 60.0 Å². The smallest absolute Gasteiger partial charge is 0.259 e. The molecule has 32 heavy (non-hydrogen) atoms. The van der Waals surface area contributed by atoms with Crippen molar-refractivity contribution in [3.63, 3.8) is 0 Å². The van der Waals surface area contributed by atoms with Gasteiger partial charge in [-0.2, -0.15) is 0 Å². The van der Waals surface area contributed by atoms with Crippen LogP contribution in [-0.2, 0) is 0 Å². The van der Waals surface area contributed by atoms with Crippen molar-refractivity contribution in [2.75, 3.05) is 59.9 Å². The summed E-state index contributed by atoms with van der Waals surface area (Å²) in [6, 6.07) is 17.4. The minimum absolute atomic E-state index is 0.147. The van der Waals surface area contributed by atoms with Gasteiger partial charge in [-0.15, -0.1) is 0 Å². The maximum absolute atomic E-state index is 13.4. The van der Waals surface area contributed by atoms with E-state index in [0.29, 0.717) is 24.2 Å². The zero-order valence-corrected chi connectivity index (χ0v) is 18.2. The van der Waals surface area contributed by atoms with E-state index in [0.717, 1.165) is 35.8 Å². The predicted molar refractivity (Wildman–Crippen MR) is 127 cm³/mol. The average Bonchev–Trinajstić information content (AvgIpc) is 2.84. The van der Waals surface area contributed by atoms with E-state index in [9.17, 15) is 9.59 Å². The second-order valence-corrected chi connectivity index (χ2v) is 8.20. The molecule has 0 N–H and O–H groups in total. The maximum atomic E-state index is 13.4. The highest BCUT2D eigenvalue weighted by Gasteiger charge is 2.29. The molecule has 7 nitrogen and oxygen atoms in total. The summed E-state index contributed by atoms with van der Waals surface area (Å²) in [5, 5.41) is 0. The molecule has 5 rings (SSSR count). The van der Waals surface area contributed by atoms with Crippen LogP contribution in [0, 0.1) is 0 Å². The molecule has 2 aliphatic heterocycles. The number of hydrogen-bond donors (Lipinski definition) is 0. The van der Waals surface area contributed by atoms with E-state index in [1.165, 1.54) is 12.4 Å². The van der Waals surface area contributed by atoms with Gasteiger partial charge in [0.25, 0.3) is 11.8 Å². The van der Waals surface area contributed by atoms with Crippen molar-refractivity contribution in [3.05, 3.63) is 78.1 Å². The quantitative estimate of drug-likeness (QED) is 0.628. The Bertz CT molecular complexity index is 1110. The number of carbonyl (C=O) groups excluding carboxylic acids is 2. The number of amides is 2. The molecule has 2 amide bonds. The fraction of sp³-hybridized carbons (Fsp3) is 0.240. The number of likely N-dealkylation sites (N-methyl/N-ethyl adjacent to an activating group) is 2. The molecule has 1 aromatic heterocycles. The van der Waals surface area contributed by atoms with Gasteiger partial charge in [0.1, 0.15) is 0 Å². The molecule has 0 fully saturated rings. The van der Waals surface area contributed by atoms with Crippen molar-refractivity contribution in [2.45, 2.75) is 0 Å². The molecule has 0 spiro atoms. The lowest BCUT2D eigenvalue weighted by molar-refractivity contribution is 0.0986. The Morgan fingerprint density at radius 2 is 1.06 bits per heavy atom. The number of rotatable bonds is 2. The number of para-hydroxylation sites is 4. The van der Waals surface area contributed by atoms with E-state index >= 15 is 0 Å². The van der Waals surface area contributed by atoms with Crippen LogP contribution < -0.4 is 19.6 Å². The minimum atomic E-state index is -0.147. The van der Waals surface area contributed by atoms with Gasteiger partial charge >= 0.3 is 0 Å². The van der Waals surface area contributed by atoms with E-state index in [2.05, 4.69) is 14.8 Å². The largest absolute Gasteiger partial charge is 0.371 e. The number of hydrogen-bond acceptors (Lipinski definition) is 5. The normalized spacial score (nSPS) is 15.3. The Kier molecular flexibility index (Phi) is 5.01. The molecule has 0 saturated carbocycles. The van der Waals surface area contributed by atoms with Gasteiger partial charge in [-0.3, -0.25) is 14.6 Å². The first-order valence-electron chi connectivity index (χ1n) is 10.7. The number of carbonyl (C=O) groups is 2. The zero-order chi connectivity index (χ0) is 22.2. The van der Waals surface area contributed by atoms with Gasteiger partial charge in [-0.05, 0) is 30.3 Å². The van der Waals surface area contributed by atoms with Gasteiger partial charge < -0.3 is 19.6 Å². The average molecular weight is 428 g/mol. The van der Waals surface area contributed by atoms with Crippen molar-refractivity contribution in [1.82, 2.24) is 4.98 Å². The van der Waals surface area contributed by atoms with E-state index in [4.69, 9.17) is 0 Å². The van der Waals surface area contributed by atoms with Crippen molar-refractivity contribution in [1.29, 1.82) is 0 Å². The maximum Gasteiger partial charge on any atom is 0.259 e. The Hall–Kier alpha value is -3.87. The summed E-state index contributed by atoms with van der Waals surface area (Å²) in [5.41, 5.74) is 4.60. The molecule has 0 atom stereocenters. The Morgan fingerprint density at radius 1 is 0.656 bits per heavy atom. The first kappa shape index (κ1) is 20.1. The van der Waals surface area contributed by atoms with Gasteiger partial charge in [0.2, 0.25) is 0 Å². The first-order chi connectivity index (χ1) is 15.5. The SMILES string of the molecule is CN1CCN(C(=O)c2cncc(C(=O)N3CCN(C)c4ccccc43)c2)c2ccccc21. The minimum Gasteiger partial charge on any atom is -0.371 e. The molecule has 0 unspecified atom stereocenters. The van der Waals surface area contributed by atoms with Crippen LogP contribution in [0.15, 0.2) is 67.0 Å². The Morgan fingerprint density at radius 3 is 1.50 bits per heavy atom. The highest BCUT2D eigenvalue weighted by molar-refractivity contribution is 6.12. The third-order valence-electron chi connectivity index (χ3n) is 6.21. The number of pyridine rings is 1. The molecular weight excluding hydrogens is 402 g/mol. The van der Waals surface area contributed by atoms with Crippen LogP contribution >= 0.6 is 0 Å². The number of aromatic nitrogens is 1. The van der Waals surface area contributed by atoms with Crippen LogP contribution in [0.3, 0.4) is 0 Å². The molecule has 2 aliphatic rings. The van der Waals surface area contributed by atoms with Gasteiger partial charge in [0, 0.05) is 52.7 Å². The van der Waals surface area contributed by atoms with Gasteiger partial charge in [-0.1, -0.05) is 24.3 Å². The second-order valence-electron chi connectivity index (χ2n) is 8.20. The summed E-state index contributed by atoms with van der Waals surface area (Å²) in [4.78, 5) is 38.9. The number of anilines is 4. The predicted octanol–water partition coefficient (Wildman–Crippen LogP) is 3.27. The molecule has 0 aliphatic carbocycles. The third kappa shape index (κ3) is 3.36. The van der Waals surface area contributed by atoms with Crippen molar-refractivity contribution in [3.8, 4) is 0 Å². The monoisotopic (exact) mass is 427 g/mol. The van der Waals surface area contributed by atoms with Crippen LogP contribution in [0.25, 0.3) is 0 Å². The molecule has 0 radical (unpaired) electrons. The summed E-state index contributed by atoms with van der Waals surface area (Å²) in [6.45, 7) is 2.65. The fourth-order valence-electron chi connectivity index (χ4n) is 4.42. The van der Waals surface area contributed by atoms with Crippen LogP contribution in [0.1, 0.15) is 20.7 Å². The number of fused-ring (bicyclic) bond motifs is 2. The van der Waals surface area contributed by atoms with Crippen LogP contribution in [0.5, 0.6) is 0 Å². The summed E-state index contributed by atoms with van der Waals surface area (Å²) in [5.74, 6) is -0.294. The van der Waals surface area contributed by atoms with Gasteiger partial charge in [-0.25, -0.2) is 0 Å².